The van der Waals surface area contributed by atoms with E-state index in [4.69, 9.17) is 0 Å². The van der Waals surface area contributed by atoms with Crippen LogP contribution in [0.4, 0.5) is 11.6 Å². The molecule has 0 fully saturated rings. The summed E-state index contributed by atoms with van der Waals surface area (Å²) in [5.74, 6) is 0.199. The summed E-state index contributed by atoms with van der Waals surface area (Å²) in [5.41, 5.74) is 4.44. The van der Waals surface area contributed by atoms with Crippen LogP contribution in [0, 0.1) is 20.8 Å². The molecule has 1 aromatic heterocycles. The van der Waals surface area contributed by atoms with Crippen molar-refractivity contribution in [2.75, 3.05) is 17.3 Å². The number of carbonyl (C=O) groups excluding carboxylic acids is 1. The van der Waals surface area contributed by atoms with E-state index in [-0.39, 0.29) is 18.0 Å². The zero-order valence-electron chi connectivity index (χ0n) is 17.3. The summed E-state index contributed by atoms with van der Waals surface area (Å²) in [6, 6.07) is 17.1. The van der Waals surface area contributed by atoms with E-state index >= 15 is 0 Å². The molecule has 0 saturated heterocycles. The van der Waals surface area contributed by atoms with E-state index in [1.54, 1.807) is 6.92 Å². The Balaban J connectivity index is 1.83. The topological polar surface area (TPSA) is 67.2 Å². The Labute approximate surface area is 170 Å². The Hall–Kier alpha value is -3.41. The van der Waals surface area contributed by atoms with Crippen molar-refractivity contribution in [1.29, 1.82) is 0 Å². The SMILES string of the molecule is Cc1cc(=O)n(CC(=O)Nc2ccc(C)c(C)c2)c(N(C)Cc2ccccc2)n1. The maximum Gasteiger partial charge on any atom is 0.255 e. The Kier molecular flexibility index (Phi) is 6.12. The lowest BCUT2D eigenvalue weighted by Gasteiger charge is -2.22. The molecule has 3 rings (SSSR count). The summed E-state index contributed by atoms with van der Waals surface area (Å²) in [6.45, 7) is 6.27. The van der Waals surface area contributed by atoms with Gasteiger partial charge in [0, 0.05) is 31.0 Å². The third kappa shape index (κ3) is 5.10. The highest BCUT2D eigenvalue weighted by molar-refractivity contribution is 5.90. The summed E-state index contributed by atoms with van der Waals surface area (Å²) >= 11 is 0. The van der Waals surface area contributed by atoms with Crippen molar-refractivity contribution >= 4 is 17.5 Å². The van der Waals surface area contributed by atoms with E-state index in [9.17, 15) is 9.59 Å². The van der Waals surface area contributed by atoms with Gasteiger partial charge < -0.3 is 10.2 Å². The van der Waals surface area contributed by atoms with Crippen molar-refractivity contribution < 1.29 is 4.79 Å². The van der Waals surface area contributed by atoms with Gasteiger partial charge in [-0.2, -0.15) is 0 Å². The molecule has 0 aliphatic heterocycles. The summed E-state index contributed by atoms with van der Waals surface area (Å²) in [5, 5.41) is 2.87. The van der Waals surface area contributed by atoms with Crippen LogP contribution in [0.2, 0.25) is 0 Å². The fraction of sp³-hybridized carbons (Fsp3) is 0.261. The molecule has 0 saturated carbocycles. The van der Waals surface area contributed by atoms with Gasteiger partial charge >= 0.3 is 0 Å². The highest BCUT2D eigenvalue weighted by Gasteiger charge is 2.15. The maximum absolute atomic E-state index is 12.6. The number of hydrogen-bond donors (Lipinski definition) is 1. The Morgan fingerprint density at radius 3 is 2.45 bits per heavy atom. The Morgan fingerprint density at radius 2 is 1.76 bits per heavy atom. The predicted molar refractivity (Wildman–Crippen MR) is 116 cm³/mol. The van der Waals surface area contributed by atoms with Crippen LogP contribution in [0.1, 0.15) is 22.4 Å². The highest BCUT2D eigenvalue weighted by atomic mass is 16.2. The van der Waals surface area contributed by atoms with Crippen LogP contribution in [0.3, 0.4) is 0 Å². The summed E-state index contributed by atoms with van der Waals surface area (Å²) < 4.78 is 1.41. The standard InChI is InChI=1S/C23H26N4O2/c1-16-10-11-20(12-17(16)2)25-21(28)15-27-22(29)13-18(3)24-23(27)26(4)14-19-8-6-5-7-9-19/h5-13H,14-15H2,1-4H3,(H,25,28). The number of amides is 1. The van der Waals surface area contributed by atoms with E-state index in [0.717, 1.165) is 16.7 Å². The quantitative estimate of drug-likeness (QED) is 0.700. The third-order valence-electron chi connectivity index (χ3n) is 4.81. The molecule has 0 radical (unpaired) electrons. The normalized spacial score (nSPS) is 10.6. The van der Waals surface area contributed by atoms with Gasteiger partial charge in [0.15, 0.2) is 0 Å². The second kappa shape index (κ2) is 8.73. The number of rotatable bonds is 6. The summed E-state index contributed by atoms with van der Waals surface area (Å²) in [7, 11) is 1.87. The molecule has 150 valence electrons. The van der Waals surface area contributed by atoms with Crippen molar-refractivity contribution in [3.05, 3.63) is 87.3 Å². The molecular formula is C23H26N4O2. The first-order valence-electron chi connectivity index (χ1n) is 9.54. The predicted octanol–water partition coefficient (Wildman–Crippen LogP) is 3.44. The van der Waals surface area contributed by atoms with Crippen LogP contribution in [-0.4, -0.2) is 22.5 Å². The van der Waals surface area contributed by atoms with Gasteiger partial charge in [-0.05, 0) is 49.6 Å². The monoisotopic (exact) mass is 390 g/mol. The van der Waals surface area contributed by atoms with Crippen molar-refractivity contribution in [1.82, 2.24) is 9.55 Å². The van der Waals surface area contributed by atoms with Crippen LogP contribution >= 0.6 is 0 Å². The van der Waals surface area contributed by atoms with Gasteiger partial charge in [-0.25, -0.2) is 4.98 Å². The molecule has 0 atom stereocenters. The highest BCUT2D eigenvalue weighted by Crippen LogP contribution is 2.15. The summed E-state index contributed by atoms with van der Waals surface area (Å²) in [4.78, 5) is 31.7. The van der Waals surface area contributed by atoms with Gasteiger partial charge in [-0.15, -0.1) is 0 Å². The molecule has 2 aromatic carbocycles. The van der Waals surface area contributed by atoms with Crippen molar-refractivity contribution in [3.63, 3.8) is 0 Å². The number of nitrogens with one attached hydrogen (secondary N) is 1. The molecule has 6 nitrogen and oxygen atoms in total. The molecule has 0 spiro atoms. The zero-order valence-corrected chi connectivity index (χ0v) is 17.3. The molecule has 3 aromatic rings. The maximum atomic E-state index is 12.6. The lowest BCUT2D eigenvalue weighted by Crippen LogP contribution is -2.34. The van der Waals surface area contributed by atoms with Crippen molar-refractivity contribution in [2.24, 2.45) is 0 Å². The first-order valence-corrected chi connectivity index (χ1v) is 9.54. The Bertz CT molecular complexity index is 1070. The van der Waals surface area contributed by atoms with E-state index < -0.39 is 0 Å². The fourth-order valence-electron chi connectivity index (χ4n) is 3.14. The van der Waals surface area contributed by atoms with Crippen LogP contribution in [0.15, 0.2) is 59.4 Å². The minimum atomic E-state index is -0.268. The number of aromatic nitrogens is 2. The number of nitrogens with zero attached hydrogens (tertiary/aromatic N) is 3. The Morgan fingerprint density at radius 1 is 1.03 bits per heavy atom. The van der Waals surface area contributed by atoms with E-state index in [1.165, 1.54) is 10.6 Å². The molecular weight excluding hydrogens is 364 g/mol. The molecule has 0 unspecified atom stereocenters. The molecule has 1 amide bonds. The van der Waals surface area contributed by atoms with Crippen LogP contribution < -0.4 is 15.8 Å². The number of aryl methyl sites for hydroxylation is 3. The van der Waals surface area contributed by atoms with Crippen LogP contribution in [0.25, 0.3) is 0 Å². The minimum Gasteiger partial charge on any atom is -0.341 e. The van der Waals surface area contributed by atoms with Gasteiger partial charge in [-0.1, -0.05) is 36.4 Å². The number of anilines is 2. The average molecular weight is 390 g/mol. The van der Waals surface area contributed by atoms with E-state index in [0.29, 0.717) is 23.9 Å². The molecule has 0 aliphatic carbocycles. The van der Waals surface area contributed by atoms with Crippen LogP contribution in [-0.2, 0) is 17.9 Å². The molecule has 29 heavy (non-hydrogen) atoms. The molecule has 0 aliphatic rings. The molecule has 6 heteroatoms. The van der Waals surface area contributed by atoms with Gasteiger partial charge in [0.1, 0.15) is 6.54 Å². The first kappa shape index (κ1) is 20.3. The smallest absolute Gasteiger partial charge is 0.255 e. The number of hydrogen-bond acceptors (Lipinski definition) is 4. The molecule has 0 bridgehead atoms. The van der Waals surface area contributed by atoms with Crippen molar-refractivity contribution in [3.8, 4) is 0 Å². The van der Waals surface area contributed by atoms with Crippen LogP contribution in [0.5, 0.6) is 0 Å². The lowest BCUT2D eigenvalue weighted by molar-refractivity contribution is -0.116. The van der Waals surface area contributed by atoms with E-state index in [1.807, 2.05) is 74.3 Å². The van der Waals surface area contributed by atoms with Gasteiger partial charge in [0.2, 0.25) is 11.9 Å². The number of carbonyl (C=O) groups is 1. The number of benzene rings is 2. The second-order valence-corrected chi connectivity index (χ2v) is 7.31. The van der Waals surface area contributed by atoms with Crippen molar-refractivity contribution in [2.45, 2.75) is 33.9 Å². The lowest BCUT2D eigenvalue weighted by atomic mass is 10.1. The van der Waals surface area contributed by atoms with Gasteiger partial charge in [-0.3, -0.25) is 14.2 Å². The fourth-order valence-corrected chi connectivity index (χ4v) is 3.14. The second-order valence-electron chi connectivity index (χ2n) is 7.31. The minimum absolute atomic E-state index is 0.104. The largest absolute Gasteiger partial charge is 0.341 e. The molecule has 1 heterocycles. The van der Waals surface area contributed by atoms with E-state index in [2.05, 4.69) is 10.3 Å². The van der Waals surface area contributed by atoms with Gasteiger partial charge in [0.05, 0.1) is 0 Å². The zero-order chi connectivity index (χ0) is 21.0. The third-order valence-corrected chi connectivity index (χ3v) is 4.81. The van der Waals surface area contributed by atoms with Gasteiger partial charge in [0.25, 0.3) is 5.56 Å². The molecule has 1 N–H and O–H groups in total. The first-order chi connectivity index (χ1) is 13.8. The summed E-state index contributed by atoms with van der Waals surface area (Å²) in [6.07, 6.45) is 0. The average Bonchev–Trinajstić information content (AvgIpc) is 2.67.